The smallest absolute Gasteiger partial charge is 0.238 e. The molecule has 8 heteroatoms. The summed E-state index contributed by atoms with van der Waals surface area (Å²) in [6.07, 6.45) is 0.00993. The largest absolute Gasteiger partial charge is 0.348 e. The van der Waals surface area contributed by atoms with Gasteiger partial charge in [0.2, 0.25) is 11.8 Å². The van der Waals surface area contributed by atoms with E-state index in [1.54, 1.807) is 42.5 Å². The van der Waals surface area contributed by atoms with Gasteiger partial charge in [-0.15, -0.1) is 0 Å². The lowest BCUT2D eigenvalue weighted by Crippen LogP contribution is -2.56. The normalized spacial score (nSPS) is 24.2. The first-order valence-electron chi connectivity index (χ1n) is 9.92. The number of rotatable bonds is 2. The van der Waals surface area contributed by atoms with Gasteiger partial charge in [0, 0.05) is 28.1 Å². The minimum Gasteiger partial charge on any atom is -0.348 e. The van der Waals surface area contributed by atoms with Gasteiger partial charge in [0.25, 0.3) is 0 Å². The van der Waals surface area contributed by atoms with Crippen molar-refractivity contribution in [3.8, 4) is 0 Å². The van der Waals surface area contributed by atoms with Crippen LogP contribution in [-0.2, 0) is 15.0 Å². The highest BCUT2D eigenvalue weighted by Gasteiger charge is 2.61. The van der Waals surface area contributed by atoms with Crippen LogP contribution in [0.2, 0.25) is 10.0 Å². The predicted molar refractivity (Wildman–Crippen MR) is 118 cm³/mol. The van der Waals surface area contributed by atoms with Gasteiger partial charge in [-0.25, -0.2) is 8.78 Å². The standard InChI is InChI=1S/C24H16Cl2F2N2O2/c25-14-3-1-2-12(8-14)17-11-21(31)30-22(13-4-7-18(27)19(28)9-13)24(17)16-6-5-15(26)10-20(16)29-23(24)32/h1-10,17,22H,11H2,(H,29,32)(H,30,31)/t17-,22+,24-/m0/s1. The summed E-state index contributed by atoms with van der Waals surface area (Å²) in [5.41, 5.74) is 0.771. The Kier molecular flexibility index (Phi) is 4.95. The molecule has 3 aromatic carbocycles. The minimum absolute atomic E-state index is 0.00993. The highest BCUT2D eigenvalue weighted by atomic mass is 35.5. The molecule has 1 spiro atoms. The van der Waals surface area contributed by atoms with E-state index in [-0.39, 0.29) is 23.8 Å². The quantitative estimate of drug-likeness (QED) is 0.516. The number of piperidine rings is 1. The van der Waals surface area contributed by atoms with E-state index in [9.17, 15) is 18.4 Å². The van der Waals surface area contributed by atoms with Crippen molar-refractivity contribution in [2.45, 2.75) is 23.8 Å². The number of anilines is 1. The molecule has 2 heterocycles. The highest BCUT2D eigenvalue weighted by molar-refractivity contribution is 6.31. The Morgan fingerprint density at radius 3 is 2.41 bits per heavy atom. The Morgan fingerprint density at radius 1 is 0.875 bits per heavy atom. The van der Waals surface area contributed by atoms with E-state index in [2.05, 4.69) is 10.6 Å². The van der Waals surface area contributed by atoms with Crippen LogP contribution >= 0.6 is 23.2 Å². The summed E-state index contributed by atoms with van der Waals surface area (Å²) in [5.74, 6) is -3.37. The number of fused-ring (bicyclic) bond motifs is 2. The third-order valence-corrected chi connectivity index (χ3v) is 6.75. The molecule has 0 bridgehead atoms. The molecule has 162 valence electrons. The number of carbonyl (C=O) groups excluding carboxylic acids is 2. The zero-order valence-corrected chi connectivity index (χ0v) is 18.0. The van der Waals surface area contributed by atoms with Gasteiger partial charge in [-0.2, -0.15) is 0 Å². The van der Waals surface area contributed by atoms with Crippen molar-refractivity contribution in [3.05, 3.63) is 99.0 Å². The van der Waals surface area contributed by atoms with E-state index >= 15 is 0 Å². The molecule has 32 heavy (non-hydrogen) atoms. The maximum atomic E-state index is 14.2. The van der Waals surface area contributed by atoms with E-state index in [0.717, 1.165) is 12.1 Å². The Labute approximate surface area is 192 Å². The zero-order chi connectivity index (χ0) is 22.6. The van der Waals surface area contributed by atoms with Crippen LogP contribution in [0.15, 0.2) is 60.7 Å². The van der Waals surface area contributed by atoms with Crippen molar-refractivity contribution in [1.82, 2.24) is 5.32 Å². The van der Waals surface area contributed by atoms with Crippen molar-refractivity contribution >= 4 is 40.7 Å². The number of hydrogen-bond acceptors (Lipinski definition) is 2. The lowest BCUT2D eigenvalue weighted by molar-refractivity contribution is -0.131. The number of halogens is 4. The van der Waals surface area contributed by atoms with E-state index in [1.807, 2.05) is 0 Å². The van der Waals surface area contributed by atoms with Crippen molar-refractivity contribution in [1.29, 1.82) is 0 Å². The molecule has 4 nitrogen and oxygen atoms in total. The molecular formula is C24H16Cl2F2N2O2. The van der Waals surface area contributed by atoms with Crippen molar-refractivity contribution in [2.24, 2.45) is 0 Å². The average molecular weight is 473 g/mol. The fourth-order valence-corrected chi connectivity index (χ4v) is 5.36. The maximum absolute atomic E-state index is 14.2. The number of amides is 2. The third-order valence-electron chi connectivity index (χ3n) is 6.28. The van der Waals surface area contributed by atoms with Gasteiger partial charge in [-0.3, -0.25) is 9.59 Å². The minimum atomic E-state index is -1.33. The number of benzene rings is 3. The fourth-order valence-electron chi connectivity index (χ4n) is 4.98. The van der Waals surface area contributed by atoms with E-state index in [0.29, 0.717) is 26.9 Å². The Balaban J connectivity index is 1.81. The van der Waals surface area contributed by atoms with Crippen LogP contribution in [0.25, 0.3) is 0 Å². The summed E-state index contributed by atoms with van der Waals surface area (Å²) < 4.78 is 27.9. The maximum Gasteiger partial charge on any atom is 0.238 e. The molecule has 2 aliphatic rings. The van der Waals surface area contributed by atoms with Crippen LogP contribution < -0.4 is 10.6 Å². The number of nitrogens with one attached hydrogen (secondary N) is 2. The molecule has 0 saturated carbocycles. The van der Waals surface area contributed by atoms with Crippen LogP contribution in [0, 0.1) is 11.6 Å². The topological polar surface area (TPSA) is 58.2 Å². The van der Waals surface area contributed by atoms with Crippen molar-refractivity contribution < 1.29 is 18.4 Å². The van der Waals surface area contributed by atoms with Gasteiger partial charge in [-0.1, -0.05) is 47.5 Å². The molecule has 0 radical (unpaired) electrons. The second-order valence-corrected chi connectivity index (χ2v) is 8.87. The molecule has 3 aromatic rings. The summed E-state index contributed by atoms with van der Waals surface area (Å²) in [6, 6.07) is 14.4. The van der Waals surface area contributed by atoms with Gasteiger partial charge in [0.05, 0.1) is 6.04 Å². The lowest BCUT2D eigenvalue weighted by Gasteiger charge is -2.46. The van der Waals surface area contributed by atoms with Crippen molar-refractivity contribution in [2.75, 3.05) is 5.32 Å². The van der Waals surface area contributed by atoms with Crippen LogP contribution in [0.1, 0.15) is 35.1 Å². The van der Waals surface area contributed by atoms with Gasteiger partial charge < -0.3 is 10.6 Å². The molecule has 0 unspecified atom stereocenters. The molecule has 2 amide bonds. The molecule has 0 aliphatic carbocycles. The Bertz CT molecular complexity index is 1280. The SMILES string of the molecule is O=C1C[C@@H](c2cccc(Cl)c2)[C@]2(C(=O)Nc3cc(Cl)ccc32)[C@@H](c2ccc(F)c(F)c2)N1. The van der Waals surface area contributed by atoms with Gasteiger partial charge in [0.1, 0.15) is 5.41 Å². The number of hydrogen-bond donors (Lipinski definition) is 2. The predicted octanol–water partition coefficient (Wildman–Crippen LogP) is 5.51. The third kappa shape index (κ3) is 3.09. The fraction of sp³-hybridized carbons (Fsp3) is 0.167. The highest BCUT2D eigenvalue weighted by Crippen LogP contribution is 2.57. The molecule has 2 N–H and O–H groups in total. The van der Waals surface area contributed by atoms with Gasteiger partial charge in [-0.05, 0) is 53.1 Å². The summed E-state index contributed by atoms with van der Waals surface area (Å²) in [5, 5.41) is 6.63. The van der Waals surface area contributed by atoms with E-state index in [1.165, 1.54) is 6.07 Å². The van der Waals surface area contributed by atoms with Crippen LogP contribution in [-0.4, -0.2) is 11.8 Å². The molecule has 0 aromatic heterocycles. The Hall–Kier alpha value is -2.96. The van der Waals surface area contributed by atoms with Crippen LogP contribution in [0.3, 0.4) is 0 Å². The lowest BCUT2D eigenvalue weighted by atomic mass is 9.59. The molecule has 3 atom stereocenters. The first kappa shape index (κ1) is 20.9. The van der Waals surface area contributed by atoms with Crippen LogP contribution in [0.4, 0.5) is 14.5 Å². The first-order valence-corrected chi connectivity index (χ1v) is 10.7. The van der Waals surface area contributed by atoms with E-state index in [4.69, 9.17) is 23.2 Å². The zero-order valence-electron chi connectivity index (χ0n) is 16.5. The molecule has 5 rings (SSSR count). The molecule has 1 saturated heterocycles. The summed E-state index contributed by atoms with van der Waals surface area (Å²) >= 11 is 12.4. The second-order valence-electron chi connectivity index (χ2n) is 8.00. The first-order chi connectivity index (χ1) is 15.3. The molecular weight excluding hydrogens is 457 g/mol. The summed E-state index contributed by atoms with van der Waals surface area (Å²) in [7, 11) is 0. The summed E-state index contributed by atoms with van der Waals surface area (Å²) in [4.78, 5) is 26.5. The van der Waals surface area contributed by atoms with Crippen molar-refractivity contribution in [3.63, 3.8) is 0 Å². The Morgan fingerprint density at radius 2 is 1.66 bits per heavy atom. The number of carbonyl (C=O) groups is 2. The molecule has 2 aliphatic heterocycles. The van der Waals surface area contributed by atoms with E-state index < -0.39 is 29.0 Å². The molecule has 1 fully saturated rings. The van der Waals surface area contributed by atoms with Gasteiger partial charge >= 0.3 is 0 Å². The van der Waals surface area contributed by atoms with Gasteiger partial charge in [0.15, 0.2) is 11.6 Å². The average Bonchev–Trinajstić information content (AvgIpc) is 3.03. The monoisotopic (exact) mass is 472 g/mol. The summed E-state index contributed by atoms with van der Waals surface area (Å²) in [6.45, 7) is 0. The second kappa shape index (κ2) is 7.57. The van der Waals surface area contributed by atoms with Crippen LogP contribution in [0.5, 0.6) is 0 Å².